The summed E-state index contributed by atoms with van der Waals surface area (Å²) in [5.41, 5.74) is 0. The van der Waals surface area contributed by atoms with Crippen LogP contribution in [0.3, 0.4) is 0 Å². The summed E-state index contributed by atoms with van der Waals surface area (Å²) < 4.78 is 0. The van der Waals surface area contributed by atoms with E-state index in [4.69, 9.17) is 0 Å². The van der Waals surface area contributed by atoms with Crippen LogP contribution in [-0.2, 0) is 0 Å². The van der Waals surface area contributed by atoms with E-state index in [1.165, 1.54) is 38.6 Å². The molecule has 0 saturated heterocycles. The van der Waals surface area contributed by atoms with E-state index in [2.05, 4.69) is 18.9 Å². The molecular formula is C12H25NO. The van der Waals surface area contributed by atoms with Gasteiger partial charge in [-0.1, -0.05) is 26.2 Å². The van der Waals surface area contributed by atoms with E-state index in [1.807, 2.05) is 0 Å². The maximum atomic E-state index is 9.68. The second-order valence-corrected chi connectivity index (χ2v) is 4.73. The lowest BCUT2D eigenvalue weighted by molar-refractivity contribution is 0.109. The van der Waals surface area contributed by atoms with Gasteiger partial charge in [0, 0.05) is 6.54 Å². The van der Waals surface area contributed by atoms with Gasteiger partial charge in [-0.3, -0.25) is 0 Å². The summed E-state index contributed by atoms with van der Waals surface area (Å²) in [7, 11) is 2.18. The van der Waals surface area contributed by atoms with Gasteiger partial charge in [-0.15, -0.1) is 0 Å². The first kappa shape index (κ1) is 12.0. The molecule has 14 heavy (non-hydrogen) atoms. The molecule has 0 aromatic heterocycles. The highest BCUT2D eigenvalue weighted by Gasteiger charge is 2.25. The quantitative estimate of drug-likeness (QED) is 0.663. The molecule has 0 spiro atoms. The van der Waals surface area contributed by atoms with Gasteiger partial charge >= 0.3 is 0 Å². The summed E-state index contributed by atoms with van der Waals surface area (Å²) >= 11 is 0. The van der Waals surface area contributed by atoms with Crippen LogP contribution in [0.5, 0.6) is 0 Å². The number of hydrogen-bond donors (Lipinski definition) is 1. The molecule has 1 rings (SSSR count). The van der Waals surface area contributed by atoms with Gasteiger partial charge < -0.3 is 10.0 Å². The number of hydrogen-bond acceptors (Lipinski definition) is 2. The fourth-order valence-electron chi connectivity index (χ4n) is 2.35. The largest absolute Gasteiger partial charge is 0.393 e. The van der Waals surface area contributed by atoms with Gasteiger partial charge in [-0.2, -0.15) is 0 Å². The minimum atomic E-state index is -0.0244. The van der Waals surface area contributed by atoms with Crippen LogP contribution in [0.1, 0.15) is 45.4 Å². The Labute approximate surface area is 88.3 Å². The summed E-state index contributed by atoms with van der Waals surface area (Å²) in [6.45, 7) is 4.52. The number of unbranched alkanes of at least 4 members (excludes halogenated alkanes) is 2. The molecule has 1 aliphatic carbocycles. The summed E-state index contributed by atoms with van der Waals surface area (Å²) in [5.74, 6) is 0.543. The molecule has 0 heterocycles. The molecule has 1 saturated carbocycles. The number of aliphatic hydroxyl groups is 1. The van der Waals surface area contributed by atoms with Crippen LogP contribution >= 0.6 is 0 Å². The fourth-order valence-corrected chi connectivity index (χ4v) is 2.35. The Morgan fingerprint density at radius 1 is 1.29 bits per heavy atom. The van der Waals surface area contributed by atoms with Crippen molar-refractivity contribution in [3.05, 3.63) is 0 Å². The Morgan fingerprint density at radius 3 is 2.64 bits per heavy atom. The minimum Gasteiger partial charge on any atom is -0.393 e. The highest BCUT2D eigenvalue weighted by atomic mass is 16.3. The van der Waals surface area contributed by atoms with Crippen molar-refractivity contribution in [2.24, 2.45) is 5.92 Å². The summed E-state index contributed by atoms with van der Waals surface area (Å²) in [6, 6.07) is 0. The lowest BCUT2D eigenvalue weighted by atomic mass is 10.1. The normalized spacial score (nSPS) is 27.4. The lowest BCUT2D eigenvalue weighted by Crippen LogP contribution is -2.30. The second-order valence-electron chi connectivity index (χ2n) is 4.73. The summed E-state index contributed by atoms with van der Waals surface area (Å²) in [6.07, 6.45) is 7.36. The van der Waals surface area contributed by atoms with Crippen LogP contribution in [0.2, 0.25) is 0 Å². The van der Waals surface area contributed by atoms with Gasteiger partial charge in [0.15, 0.2) is 0 Å². The van der Waals surface area contributed by atoms with Crippen molar-refractivity contribution >= 4 is 0 Å². The van der Waals surface area contributed by atoms with Gasteiger partial charge in [-0.05, 0) is 38.8 Å². The molecule has 2 heteroatoms. The van der Waals surface area contributed by atoms with E-state index in [0.29, 0.717) is 5.92 Å². The maximum Gasteiger partial charge on any atom is 0.0580 e. The topological polar surface area (TPSA) is 23.5 Å². The summed E-state index contributed by atoms with van der Waals surface area (Å²) in [5, 5.41) is 9.68. The Kier molecular flexibility index (Phi) is 5.49. The Bertz CT molecular complexity index is 149. The van der Waals surface area contributed by atoms with Crippen LogP contribution in [0.25, 0.3) is 0 Å². The van der Waals surface area contributed by atoms with E-state index in [1.54, 1.807) is 0 Å². The lowest BCUT2D eigenvalue weighted by Gasteiger charge is -2.22. The molecule has 1 fully saturated rings. The third-order valence-electron chi connectivity index (χ3n) is 3.31. The van der Waals surface area contributed by atoms with Crippen molar-refractivity contribution in [1.29, 1.82) is 0 Å². The first-order valence-corrected chi connectivity index (χ1v) is 6.10. The van der Waals surface area contributed by atoms with Crippen LogP contribution in [0.15, 0.2) is 0 Å². The molecule has 2 nitrogen and oxygen atoms in total. The zero-order chi connectivity index (χ0) is 10.4. The molecule has 0 aliphatic heterocycles. The smallest absolute Gasteiger partial charge is 0.0580 e. The average Bonchev–Trinajstić information content (AvgIpc) is 2.52. The van der Waals surface area contributed by atoms with Crippen LogP contribution in [-0.4, -0.2) is 36.2 Å². The van der Waals surface area contributed by atoms with Crippen LogP contribution in [0, 0.1) is 5.92 Å². The molecule has 1 aliphatic rings. The van der Waals surface area contributed by atoms with Crippen molar-refractivity contribution < 1.29 is 5.11 Å². The average molecular weight is 199 g/mol. The van der Waals surface area contributed by atoms with E-state index in [0.717, 1.165) is 13.0 Å². The highest BCUT2D eigenvalue weighted by Crippen LogP contribution is 2.25. The van der Waals surface area contributed by atoms with Crippen molar-refractivity contribution in [2.75, 3.05) is 20.1 Å². The molecule has 0 radical (unpaired) electrons. The fraction of sp³-hybridized carbons (Fsp3) is 1.00. The predicted octanol–water partition coefficient (Wildman–Crippen LogP) is 2.27. The van der Waals surface area contributed by atoms with Crippen LogP contribution in [0.4, 0.5) is 0 Å². The molecule has 2 unspecified atom stereocenters. The summed E-state index contributed by atoms with van der Waals surface area (Å²) in [4.78, 5) is 2.38. The van der Waals surface area contributed by atoms with Crippen molar-refractivity contribution in [3.8, 4) is 0 Å². The molecule has 0 amide bonds. The van der Waals surface area contributed by atoms with Crippen LogP contribution < -0.4 is 0 Å². The zero-order valence-electron chi connectivity index (χ0n) is 9.71. The number of nitrogens with zero attached hydrogens (tertiary/aromatic N) is 1. The first-order valence-electron chi connectivity index (χ1n) is 6.10. The Hall–Kier alpha value is -0.0800. The first-order chi connectivity index (χ1) is 6.74. The SMILES string of the molecule is CCCCCN(C)CC1CCCC1O. The van der Waals surface area contributed by atoms with E-state index in [9.17, 15) is 5.11 Å². The molecule has 0 bridgehead atoms. The van der Waals surface area contributed by atoms with E-state index < -0.39 is 0 Å². The molecule has 0 aromatic carbocycles. The van der Waals surface area contributed by atoms with E-state index >= 15 is 0 Å². The van der Waals surface area contributed by atoms with Crippen molar-refractivity contribution in [3.63, 3.8) is 0 Å². The van der Waals surface area contributed by atoms with E-state index in [-0.39, 0.29) is 6.10 Å². The standard InChI is InChI=1S/C12H25NO/c1-3-4-5-9-13(2)10-11-7-6-8-12(11)14/h11-12,14H,3-10H2,1-2H3. The van der Waals surface area contributed by atoms with Gasteiger partial charge in [0.05, 0.1) is 6.10 Å². The van der Waals surface area contributed by atoms with Crippen molar-refractivity contribution in [1.82, 2.24) is 4.90 Å². The maximum absolute atomic E-state index is 9.68. The minimum absolute atomic E-state index is 0.0244. The monoisotopic (exact) mass is 199 g/mol. The Balaban J connectivity index is 2.09. The van der Waals surface area contributed by atoms with Gasteiger partial charge in [0.25, 0.3) is 0 Å². The number of rotatable bonds is 6. The van der Waals surface area contributed by atoms with Gasteiger partial charge in [0.2, 0.25) is 0 Å². The third kappa shape index (κ3) is 3.97. The van der Waals surface area contributed by atoms with Gasteiger partial charge in [-0.25, -0.2) is 0 Å². The molecule has 2 atom stereocenters. The van der Waals surface area contributed by atoms with Crippen molar-refractivity contribution in [2.45, 2.75) is 51.6 Å². The molecule has 84 valence electrons. The number of aliphatic hydroxyl groups excluding tert-OH is 1. The third-order valence-corrected chi connectivity index (χ3v) is 3.31. The highest BCUT2D eigenvalue weighted by molar-refractivity contribution is 4.78. The Morgan fingerprint density at radius 2 is 2.07 bits per heavy atom. The van der Waals surface area contributed by atoms with Gasteiger partial charge in [0.1, 0.15) is 0 Å². The zero-order valence-corrected chi connectivity index (χ0v) is 9.71. The predicted molar refractivity (Wildman–Crippen MR) is 60.4 cm³/mol. The molecule has 0 aromatic rings. The molecule has 1 N–H and O–H groups in total. The second kappa shape index (κ2) is 6.41. The molecular weight excluding hydrogens is 174 g/mol.